The summed E-state index contributed by atoms with van der Waals surface area (Å²) in [5.41, 5.74) is -1.22. The van der Waals surface area contributed by atoms with Crippen molar-refractivity contribution in [3.8, 4) is 0 Å². The molecule has 26 heavy (non-hydrogen) atoms. The predicted molar refractivity (Wildman–Crippen MR) is 107 cm³/mol. The molecule has 154 valence electrons. The van der Waals surface area contributed by atoms with E-state index in [1.807, 2.05) is 0 Å². The summed E-state index contributed by atoms with van der Waals surface area (Å²) in [4.78, 5) is 24.2. The van der Waals surface area contributed by atoms with Gasteiger partial charge in [0.1, 0.15) is 0 Å². The number of carbonyl (C=O) groups is 2. The summed E-state index contributed by atoms with van der Waals surface area (Å²) in [7, 11) is 0. The first-order valence-corrected chi connectivity index (χ1v) is 10.8. The van der Waals surface area contributed by atoms with Crippen LogP contribution in [-0.4, -0.2) is 25.2 Å². The zero-order valence-electron chi connectivity index (χ0n) is 17.7. The Morgan fingerprint density at radius 1 is 0.577 bits per heavy atom. The number of rotatable bonds is 17. The van der Waals surface area contributed by atoms with Crippen molar-refractivity contribution >= 4 is 11.9 Å². The molecule has 0 N–H and O–H groups in total. The van der Waals surface area contributed by atoms with Crippen molar-refractivity contribution in [3.63, 3.8) is 0 Å². The fraction of sp³-hybridized carbons (Fsp3) is 0.909. The van der Waals surface area contributed by atoms with Gasteiger partial charge in [0.05, 0.1) is 13.2 Å². The van der Waals surface area contributed by atoms with Gasteiger partial charge in [-0.1, -0.05) is 84.5 Å². The van der Waals surface area contributed by atoms with Gasteiger partial charge >= 0.3 is 11.9 Å². The van der Waals surface area contributed by atoms with Crippen LogP contribution in [0, 0.1) is 5.41 Å². The highest BCUT2D eigenvalue weighted by Gasteiger charge is 2.39. The summed E-state index contributed by atoms with van der Waals surface area (Å²) in [6.45, 7) is 8.26. The minimum Gasteiger partial charge on any atom is -0.465 e. The van der Waals surface area contributed by atoms with Crippen molar-refractivity contribution in [1.29, 1.82) is 0 Å². The molecule has 0 fully saturated rings. The lowest BCUT2D eigenvalue weighted by Crippen LogP contribution is -2.37. The average molecular weight is 371 g/mol. The number of carbonyl (C=O) groups excluding carboxylic acids is 2. The Labute approximate surface area is 161 Å². The second-order valence-electron chi connectivity index (χ2n) is 7.79. The molecule has 0 aliphatic heterocycles. The lowest BCUT2D eigenvalue weighted by Gasteiger charge is -2.20. The van der Waals surface area contributed by atoms with Gasteiger partial charge in [-0.3, -0.25) is 9.59 Å². The van der Waals surface area contributed by atoms with Crippen LogP contribution in [0.3, 0.4) is 0 Å². The number of unbranched alkanes of at least 4 members (excludes halogenated alkanes) is 11. The van der Waals surface area contributed by atoms with E-state index in [-0.39, 0.29) is 0 Å². The van der Waals surface area contributed by atoms with E-state index in [2.05, 4.69) is 13.8 Å². The molecule has 4 nitrogen and oxygen atoms in total. The molecule has 0 aliphatic rings. The van der Waals surface area contributed by atoms with Gasteiger partial charge in [0, 0.05) is 0 Å². The molecule has 0 radical (unpaired) electrons. The highest BCUT2D eigenvalue weighted by molar-refractivity contribution is 5.99. The van der Waals surface area contributed by atoms with E-state index in [0.29, 0.717) is 13.2 Å². The van der Waals surface area contributed by atoms with Gasteiger partial charge in [0.2, 0.25) is 0 Å². The van der Waals surface area contributed by atoms with Crippen LogP contribution < -0.4 is 0 Å². The first-order valence-electron chi connectivity index (χ1n) is 10.8. The van der Waals surface area contributed by atoms with E-state index >= 15 is 0 Å². The quantitative estimate of drug-likeness (QED) is 0.173. The molecule has 0 saturated carbocycles. The highest BCUT2D eigenvalue weighted by atomic mass is 16.6. The van der Waals surface area contributed by atoms with Crippen molar-refractivity contribution in [3.05, 3.63) is 0 Å². The van der Waals surface area contributed by atoms with Crippen molar-refractivity contribution in [1.82, 2.24) is 0 Å². The topological polar surface area (TPSA) is 52.6 Å². The third-order valence-electron chi connectivity index (χ3n) is 4.73. The Hall–Kier alpha value is -1.06. The van der Waals surface area contributed by atoms with E-state index in [9.17, 15) is 9.59 Å². The molecular weight excluding hydrogens is 328 g/mol. The Balaban J connectivity index is 3.68. The van der Waals surface area contributed by atoms with Crippen LogP contribution in [0.1, 0.15) is 111 Å². The maximum atomic E-state index is 12.1. The highest BCUT2D eigenvalue weighted by Crippen LogP contribution is 2.20. The molecule has 0 aliphatic carbocycles. The van der Waals surface area contributed by atoms with Gasteiger partial charge < -0.3 is 9.47 Å². The summed E-state index contributed by atoms with van der Waals surface area (Å²) in [5, 5.41) is 0. The lowest BCUT2D eigenvalue weighted by atomic mass is 9.94. The van der Waals surface area contributed by atoms with Gasteiger partial charge in [-0.25, -0.2) is 0 Å². The molecular formula is C22H42O4. The van der Waals surface area contributed by atoms with Gasteiger partial charge in [-0.05, 0) is 26.7 Å². The van der Waals surface area contributed by atoms with Gasteiger partial charge in [-0.2, -0.15) is 0 Å². The second-order valence-corrected chi connectivity index (χ2v) is 7.79. The fourth-order valence-electron chi connectivity index (χ4n) is 2.72. The fourth-order valence-corrected chi connectivity index (χ4v) is 2.72. The van der Waals surface area contributed by atoms with Crippen molar-refractivity contribution in [2.24, 2.45) is 5.41 Å². The number of ether oxygens (including phenoxy) is 2. The molecule has 4 heteroatoms. The standard InChI is InChI=1S/C22H42O4/c1-5-7-9-10-11-12-13-14-15-17-19-26-21(24)22(3,4)20(23)25-18-16-8-6-2/h5-19H2,1-4H3. The number of esters is 2. The number of hydrogen-bond donors (Lipinski definition) is 0. The minimum absolute atomic E-state index is 0.377. The third-order valence-corrected chi connectivity index (χ3v) is 4.73. The van der Waals surface area contributed by atoms with Gasteiger partial charge in [0.15, 0.2) is 5.41 Å². The number of hydrogen-bond acceptors (Lipinski definition) is 4. The molecule has 0 atom stereocenters. The van der Waals surface area contributed by atoms with Crippen molar-refractivity contribution < 1.29 is 19.1 Å². The van der Waals surface area contributed by atoms with Crippen LogP contribution in [0.15, 0.2) is 0 Å². The van der Waals surface area contributed by atoms with E-state index in [0.717, 1.165) is 32.1 Å². The molecule has 0 aromatic rings. The Kier molecular flexibility index (Phi) is 15.5. The Morgan fingerprint density at radius 3 is 1.31 bits per heavy atom. The van der Waals surface area contributed by atoms with Crippen molar-refractivity contribution in [2.75, 3.05) is 13.2 Å². The smallest absolute Gasteiger partial charge is 0.322 e. The maximum absolute atomic E-state index is 12.1. The van der Waals surface area contributed by atoms with Crippen LogP contribution >= 0.6 is 0 Å². The molecule has 0 spiro atoms. The Morgan fingerprint density at radius 2 is 0.885 bits per heavy atom. The van der Waals surface area contributed by atoms with Crippen LogP contribution in [0.25, 0.3) is 0 Å². The summed E-state index contributed by atoms with van der Waals surface area (Å²) >= 11 is 0. The predicted octanol–water partition coefficient (Wildman–Crippen LogP) is 6.21. The third kappa shape index (κ3) is 12.3. The van der Waals surface area contributed by atoms with E-state index in [1.54, 1.807) is 13.8 Å². The molecule has 0 rings (SSSR count). The normalized spacial score (nSPS) is 11.4. The SMILES string of the molecule is CCCCCCCCCCCCOC(=O)C(C)(C)C(=O)OCCCCC. The summed E-state index contributed by atoms with van der Waals surface area (Å²) < 4.78 is 10.5. The maximum Gasteiger partial charge on any atom is 0.322 e. The molecule has 0 aromatic heterocycles. The van der Waals surface area contributed by atoms with E-state index in [1.165, 1.54) is 51.4 Å². The first kappa shape index (κ1) is 24.9. The summed E-state index contributed by atoms with van der Waals surface area (Å²) in [6, 6.07) is 0. The van der Waals surface area contributed by atoms with Crippen LogP contribution in [0.5, 0.6) is 0 Å². The average Bonchev–Trinajstić information content (AvgIpc) is 2.62. The van der Waals surface area contributed by atoms with E-state index in [4.69, 9.17) is 9.47 Å². The Bertz CT molecular complexity index is 363. The zero-order chi connectivity index (χ0) is 19.7. The summed E-state index contributed by atoms with van der Waals surface area (Å²) in [5.74, 6) is -0.962. The molecule has 0 amide bonds. The molecule has 0 aromatic carbocycles. The molecule has 0 unspecified atom stereocenters. The monoisotopic (exact) mass is 370 g/mol. The van der Waals surface area contributed by atoms with Crippen LogP contribution in [0.2, 0.25) is 0 Å². The summed E-state index contributed by atoms with van der Waals surface area (Å²) in [6.07, 6.45) is 15.3. The lowest BCUT2D eigenvalue weighted by molar-refractivity contribution is -0.169. The van der Waals surface area contributed by atoms with Gasteiger partial charge in [-0.15, -0.1) is 0 Å². The second kappa shape index (κ2) is 16.1. The van der Waals surface area contributed by atoms with E-state index < -0.39 is 17.4 Å². The zero-order valence-corrected chi connectivity index (χ0v) is 17.7. The molecule has 0 heterocycles. The van der Waals surface area contributed by atoms with Crippen molar-refractivity contribution in [2.45, 2.75) is 111 Å². The van der Waals surface area contributed by atoms with Crippen LogP contribution in [-0.2, 0) is 19.1 Å². The van der Waals surface area contributed by atoms with Gasteiger partial charge in [0.25, 0.3) is 0 Å². The minimum atomic E-state index is -1.22. The largest absolute Gasteiger partial charge is 0.465 e. The molecule has 0 bridgehead atoms. The van der Waals surface area contributed by atoms with Crippen LogP contribution in [0.4, 0.5) is 0 Å². The first-order chi connectivity index (χ1) is 12.5. The molecule has 0 saturated heterocycles.